The van der Waals surface area contributed by atoms with Gasteiger partial charge in [0.25, 0.3) is 0 Å². The summed E-state index contributed by atoms with van der Waals surface area (Å²) in [6.45, 7) is 6.93. The van der Waals surface area contributed by atoms with Crippen LogP contribution in [0.3, 0.4) is 0 Å². The second kappa shape index (κ2) is 6.01. The maximum atomic E-state index is 12.1. The van der Waals surface area contributed by atoms with Crippen LogP contribution in [0.4, 0.5) is 5.69 Å². The van der Waals surface area contributed by atoms with Gasteiger partial charge in [0.1, 0.15) is 0 Å². The molecular weight excluding hydrogens is 224 g/mol. The fraction of sp³-hybridized carbons (Fsp3) is 0.533. The van der Waals surface area contributed by atoms with Gasteiger partial charge in [0.15, 0.2) is 0 Å². The summed E-state index contributed by atoms with van der Waals surface area (Å²) in [5, 5.41) is 3.32. The Kier molecular flexibility index (Phi) is 4.37. The summed E-state index contributed by atoms with van der Waals surface area (Å²) < 4.78 is 0. The first-order valence-corrected chi connectivity index (χ1v) is 6.77. The van der Waals surface area contributed by atoms with Gasteiger partial charge in [-0.1, -0.05) is 32.0 Å². The molecule has 18 heavy (non-hydrogen) atoms. The summed E-state index contributed by atoms with van der Waals surface area (Å²) in [4.78, 5) is 14.1. The minimum atomic E-state index is 0.233. The van der Waals surface area contributed by atoms with Crippen molar-refractivity contribution in [3.05, 3.63) is 29.8 Å². The number of nitrogens with one attached hydrogen (secondary N) is 1. The normalized spacial score (nSPS) is 14.1. The van der Waals surface area contributed by atoms with Crippen LogP contribution in [0, 0.1) is 5.92 Å². The second-order valence-electron chi connectivity index (χ2n) is 5.27. The van der Waals surface area contributed by atoms with Crippen molar-refractivity contribution >= 4 is 11.6 Å². The highest BCUT2D eigenvalue weighted by molar-refractivity contribution is 5.95. The lowest BCUT2D eigenvalue weighted by molar-refractivity contribution is -0.118. The lowest BCUT2D eigenvalue weighted by Crippen LogP contribution is -2.32. The number of carbonyl (C=O) groups excluding carboxylic acids is 1. The molecule has 0 aromatic heterocycles. The molecule has 2 rings (SSSR count). The monoisotopic (exact) mass is 246 g/mol. The minimum Gasteiger partial charge on any atom is -0.316 e. The number of rotatable bonds is 5. The van der Waals surface area contributed by atoms with Gasteiger partial charge in [-0.15, -0.1) is 0 Å². The molecular formula is C15H22N2O. The molecule has 1 aliphatic rings. The van der Waals surface area contributed by atoms with Crippen molar-refractivity contribution in [2.75, 3.05) is 24.5 Å². The number of carbonyl (C=O) groups is 1. The zero-order valence-corrected chi connectivity index (χ0v) is 11.3. The number of anilines is 1. The van der Waals surface area contributed by atoms with Crippen molar-refractivity contribution in [3.63, 3.8) is 0 Å². The average Bonchev–Trinajstić information content (AvgIpc) is 2.78. The molecule has 0 spiro atoms. The van der Waals surface area contributed by atoms with E-state index in [4.69, 9.17) is 0 Å². The third kappa shape index (κ3) is 3.10. The number of fused-ring (bicyclic) bond motifs is 1. The fourth-order valence-electron chi connectivity index (χ4n) is 2.32. The largest absolute Gasteiger partial charge is 0.316 e. The highest BCUT2D eigenvalue weighted by atomic mass is 16.2. The van der Waals surface area contributed by atoms with E-state index in [9.17, 15) is 4.79 Å². The standard InChI is InChI=1S/C15H22N2O/c1-12(2)11-16-9-7-15(18)17-10-8-13-5-3-4-6-14(13)17/h3-6,12,16H,7-11H2,1-2H3. The second-order valence-corrected chi connectivity index (χ2v) is 5.27. The zero-order chi connectivity index (χ0) is 13.0. The number of nitrogens with zero attached hydrogens (tertiary/aromatic N) is 1. The maximum absolute atomic E-state index is 12.1. The Labute approximate surface area is 109 Å². The topological polar surface area (TPSA) is 32.3 Å². The summed E-state index contributed by atoms with van der Waals surface area (Å²) in [6, 6.07) is 8.19. The van der Waals surface area contributed by atoms with Crippen molar-refractivity contribution in [2.45, 2.75) is 26.7 Å². The average molecular weight is 246 g/mol. The molecule has 3 heteroatoms. The summed E-state index contributed by atoms with van der Waals surface area (Å²) in [7, 11) is 0. The van der Waals surface area contributed by atoms with Gasteiger partial charge >= 0.3 is 0 Å². The molecule has 1 aliphatic heterocycles. The molecule has 0 saturated heterocycles. The molecule has 0 saturated carbocycles. The van der Waals surface area contributed by atoms with Crippen LogP contribution >= 0.6 is 0 Å². The van der Waals surface area contributed by atoms with Crippen molar-refractivity contribution < 1.29 is 4.79 Å². The molecule has 1 N–H and O–H groups in total. The highest BCUT2D eigenvalue weighted by Crippen LogP contribution is 2.27. The number of amides is 1. The van der Waals surface area contributed by atoms with Crippen LogP contribution in [-0.2, 0) is 11.2 Å². The Morgan fingerprint density at radius 1 is 1.39 bits per heavy atom. The number of hydrogen-bond donors (Lipinski definition) is 1. The van der Waals surface area contributed by atoms with E-state index in [2.05, 4.69) is 25.2 Å². The first-order chi connectivity index (χ1) is 8.68. The van der Waals surface area contributed by atoms with Crippen LogP contribution in [0.2, 0.25) is 0 Å². The van der Waals surface area contributed by atoms with Crippen LogP contribution in [0.15, 0.2) is 24.3 Å². The van der Waals surface area contributed by atoms with E-state index in [1.165, 1.54) is 5.56 Å². The molecule has 0 atom stereocenters. The van der Waals surface area contributed by atoms with E-state index in [-0.39, 0.29) is 5.91 Å². The van der Waals surface area contributed by atoms with E-state index in [0.29, 0.717) is 12.3 Å². The smallest absolute Gasteiger partial charge is 0.228 e. The Bertz CT molecular complexity index is 415. The lowest BCUT2D eigenvalue weighted by Gasteiger charge is -2.17. The van der Waals surface area contributed by atoms with Crippen LogP contribution in [0.25, 0.3) is 0 Å². The van der Waals surface area contributed by atoms with Gasteiger partial charge in [-0.2, -0.15) is 0 Å². The van der Waals surface area contributed by atoms with E-state index in [0.717, 1.165) is 31.7 Å². The van der Waals surface area contributed by atoms with Crippen LogP contribution < -0.4 is 10.2 Å². The van der Waals surface area contributed by atoms with Crippen molar-refractivity contribution in [1.82, 2.24) is 5.32 Å². The molecule has 0 fully saturated rings. The van der Waals surface area contributed by atoms with Gasteiger partial charge in [0.05, 0.1) is 0 Å². The van der Waals surface area contributed by atoms with E-state index < -0.39 is 0 Å². The fourth-order valence-corrected chi connectivity index (χ4v) is 2.32. The van der Waals surface area contributed by atoms with E-state index in [1.807, 2.05) is 23.1 Å². The third-order valence-corrected chi connectivity index (χ3v) is 3.26. The van der Waals surface area contributed by atoms with Gasteiger partial charge < -0.3 is 10.2 Å². The zero-order valence-electron chi connectivity index (χ0n) is 11.3. The van der Waals surface area contributed by atoms with Crippen molar-refractivity contribution in [2.24, 2.45) is 5.92 Å². The minimum absolute atomic E-state index is 0.233. The number of hydrogen-bond acceptors (Lipinski definition) is 2. The molecule has 0 bridgehead atoms. The molecule has 0 unspecified atom stereocenters. The first-order valence-electron chi connectivity index (χ1n) is 6.77. The van der Waals surface area contributed by atoms with Crippen LogP contribution in [0.5, 0.6) is 0 Å². The molecule has 3 nitrogen and oxygen atoms in total. The van der Waals surface area contributed by atoms with Crippen molar-refractivity contribution in [1.29, 1.82) is 0 Å². The molecule has 0 aliphatic carbocycles. The molecule has 1 aromatic rings. The Balaban J connectivity index is 1.84. The molecule has 98 valence electrons. The summed E-state index contributed by atoms with van der Waals surface area (Å²) in [6.07, 6.45) is 1.57. The Morgan fingerprint density at radius 2 is 2.17 bits per heavy atom. The Hall–Kier alpha value is -1.35. The number of benzene rings is 1. The Morgan fingerprint density at radius 3 is 2.94 bits per heavy atom. The lowest BCUT2D eigenvalue weighted by atomic mass is 10.2. The van der Waals surface area contributed by atoms with Crippen LogP contribution in [0.1, 0.15) is 25.8 Å². The van der Waals surface area contributed by atoms with Gasteiger partial charge in [-0.3, -0.25) is 4.79 Å². The predicted molar refractivity (Wildman–Crippen MR) is 74.8 cm³/mol. The van der Waals surface area contributed by atoms with Gasteiger partial charge in [-0.25, -0.2) is 0 Å². The summed E-state index contributed by atoms with van der Waals surface area (Å²) in [5.41, 5.74) is 2.40. The summed E-state index contributed by atoms with van der Waals surface area (Å²) in [5.74, 6) is 0.865. The quantitative estimate of drug-likeness (QED) is 0.808. The highest BCUT2D eigenvalue weighted by Gasteiger charge is 2.23. The molecule has 1 heterocycles. The third-order valence-electron chi connectivity index (χ3n) is 3.26. The van der Waals surface area contributed by atoms with E-state index in [1.54, 1.807) is 0 Å². The molecule has 1 aromatic carbocycles. The molecule has 0 radical (unpaired) electrons. The first kappa shape index (κ1) is 13.1. The van der Waals surface area contributed by atoms with Crippen LogP contribution in [-0.4, -0.2) is 25.5 Å². The van der Waals surface area contributed by atoms with Gasteiger partial charge in [0.2, 0.25) is 5.91 Å². The SMILES string of the molecule is CC(C)CNCCC(=O)N1CCc2ccccc21. The maximum Gasteiger partial charge on any atom is 0.228 e. The van der Waals surface area contributed by atoms with Gasteiger partial charge in [0, 0.05) is 25.2 Å². The van der Waals surface area contributed by atoms with Crippen molar-refractivity contribution in [3.8, 4) is 0 Å². The van der Waals surface area contributed by atoms with E-state index >= 15 is 0 Å². The predicted octanol–water partition coefficient (Wildman–Crippen LogP) is 2.21. The summed E-state index contributed by atoms with van der Waals surface area (Å²) >= 11 is 0. The molecule has 1 amide bonds. The van der Waals surface area contributed by atoms with Gasteiger partial charge in [-0.05, 0) is 30.5 Å². The number of para-hydroxylation sites is 1.